The number of carbonyl (C=O) groups is 1. The van der Waals surface area contributed by atoms with Crippen LogP contribution in [0.3, 0.4) is 0 Å². The first kappa shape index (κ1) is 13.1. The SMILES string of the molecule is CCOc1ccc(C)cc1C(=O)C1CCCCO1. The second kappa shape index (κ2) is 6.01. The quantitative estimate of drug-likeness (QED) is 0.768. The van der Waals surface area contributed by atoms with Crippen LogP contribution in [0.4, 0.5) is 0 Å². The van der Waals surface area contributed by atoms with Crippen LogP contribution in [0.2, 0.25) is 0 Å². The van der Waals surface area contributed by atoms with Gasteiger partial charge in [-0.1, -0.05) is 11.6 Å². The van der Waals surface area contributed by atoms with E-state index in [-0.39, 0.29) is 11.9 Å². The standard InChI is InChI=1S/C15H20O3/c1-3-17-13-8-7-11(2)10-12(13)15(16)14-6-4-5-9-18-14/h7-8,10,14H,3-6,9H2,1-2H3. The molecule has 1 atom stereocenters. The molecule has 0 aliphatic carbocycles. The molecule has 0 bridgehead atoms. The van der Waals surface area contributed by atoms with Gasteiger partial charge in [0.1, 0.15) is 11.9 Å². The predicted octanol–water partition coefficient (Wildman–Crippen LogP) is 3.15. The highest BCUT2D eigenvalue weighted by Crippen LogP contribution is 2.25. The lowest BCUT2D eigenvalue weighted by molar-refractivity contribution is 0.0184. The number of hydrogen-bond donors (Lipinski definition) is 0. The zero-order valence-corrected chi connectivity index (χ0v) is 11.1. The van der Waals surface area contributed by atoms with Gasteiger partial charge >= 0.3 is 0 Å². The van der Waals surface area contributed by atoms with Crippen LogP contribution in [0.15, 0.2) is 18.2 Å². The minimum atomic E-state index is -0.292. The third-order valence-electron chi connectivity index (χ3n) is 3.17. The topological polar surface area (TPSA) is 35.5 Å². The Kier molecular flexibility index (Phi) is 4.37. The number of ketones is 1. The molecule has 0 spiro atoms. The number of aryl methyl sites for hydroxylation is 1. The minimum absolute atomic E-state index is 0.0573. The molecule has 1 aromatic rings. The summed E-state index contributed by atoms with van der Waals surface area (Å²) in [4.78, 5) is 12.4. The van der Waals surface area contributed by atoms with Gasteiger partial charge in [-0.15, -0.1) is 0 Å². The summed E-state index contributed by atoms with van der Waals surface area (Å²) in [5, 5.41) is 0. The van der Waals surface area contributed by atoms with Gasteiger partial charge < -0.3 is 9.47 Å². The highest BCUT2D eigenvalue weighted by atomic mass is 16.5. The highest BCUT2D eigenvalue weighted by Gasteiger charge is 2.25. The van der Waals surface area contributed by atoms with Crippen LogP contribution in [-0.2, 0) is 4.74 Å². The van der Waals surface area contributed by atoms with Crippen molar-refractivity contribution < 1.29 is 14.3 Å². The van der Waals surface area contributed by atoms with Crippen molar-refractivity contribution in [1.82, 2.24) is 0 Å². The van der Waals surface area contributed by atoms with Crippen LogP contribution in [0.1, 0.15) is 42.1 Å². The van der Waals surface area contributed by atoms with Crippen molar-refractivity contribution in [3.8, 4) is 5.75 Å². The van der Waals surface area contributed by atoms with Gasteiger partial charge in [0.05, 0.1) is 12.2 Å². The van der Waals surface area contributed by atoms with Gasteiger partial charge in [-0.05, 0) is 45.2 Å². The number of ether oxygens (including phenoxy) is 2. The summed E-state index contributed by atoms with van der Waals surface area (Å²) in [5.41, 5.74) is 1.72. The third kappa shape index (κ3) is 2.91. The van der Waals surface area contributed by atoms with Crippen molar-refractivity contribution in [3.05, 3.63) is 29.3 Å². The number of hydrogen-bond acceptors (Lipinski definition) is 3. The lowest BCUT2D eigenvalue weighted by Gasteiger charge is -2.22. The molecule has 0 radical (unpaired) electrons. The summed E-state index contributed by atoms with van der Waals surface area (Å²) in [6.45, 7) is 5.15. The van der Waals surface area contributed by atoms with E-state index in [1.165, 1.54) is 0 Å². The molecule has 1 fully saturated rings. The predicted molar refractivity (Wildman–Crippen MR) is 70.3 cm³/mol. The van der Waals surface area contributed by atoms with Gasteiger partial charge in [0.25, 0.3) is 0 Å². The average Bonchev–Trinajstić information content (AvgIpc) is 2.41. The van der Waals surface area contributed by atoms with E-state index >= 15 is 0 Å². The molecule has 18 heavy (non-hydrogen) atoms. The number of benzene rings is 1. The molecule has 1 aromatic carbocycles. The fourth-order valence-electron chi connectivity index (χ4n) is 2.24. The number of Topliss-reactive ketones (excluding diaryl/α,β-unsaturated/α-hetero) is 1. The molecule has 1 saturated heterocycles. The van der Waals surface area contributed by atoms with E-state index in [1.54, 1.807) is 0 Å². The first-order valence-corrected chi connectivity index (χ1v) is 6.61. The first-order chi connectivity index (χ1) is 8.72. The van der Waals surface area contributed by atoms with E-state index in [0.717, 1.165) is 24.8 Å². The second-order valence-corrected chi connectivity index (χ2v) is 4.65. The van der Waals surface area contributed by atoms with Crippen molar-refractivity contribution in [2.75, 3.05) is 13.2 Å². The van der Waals surface area contributed by atoms with E-state index in [9.17, 15) is 4.79 Å². The first-order valence-electron chi connectivity index (χ1n) is 6.61. The smallest absolute Gasteiger partial charge is 0.195 e. The van der Waals surface area contributed by atoms with Gasteiger partial charge in [-0.25, -0.2) is 0 Å². The maximum atomic E-state index is 12.4. The zero-order chi connectivity index (χ0) is 13.0. The lowest BCUT2D eigenvalue weighted by atomic mass is 9.98. The molecule has 0 aromatic heterocycles. The van der Waals surface area contributed by atoms with Crippen LogP contribution in [0.5, 0.6) is 5.75 Å². The summed E-state index contributed by atoms with van der Waals surface area (Å²) in [6.07, 6.45) is 2.64. The Hall–Kier alpha value is -1.35. The van der Waals surface area contributed by atoms with E-state index in [4.69, 9.17) is 9.47 Å². The molecule has 1 heterocycles. The Labute approximate surface area is 108 Å². The van der Waals surface area contributed by atoms with Gasteiger partial charge in [0, 0.05) is 6.61 Å². The molecule has 1 unspecified atom stereocenters. The third-order valence-corrected chi connectivity index (χ3v) is 3.17. The Balaban J connectivity index is 2.24. The summed E-state index contributed by atoms with van der Waals surface area (Å²) in [7, 11) is 0. The fourth-order valence-corrected chi connectivity index (χ4v) is 2.24. The van der Waals surface area contributed by atoms with Crippen LogP contribution in [0.25, 0.3) is 0 Å². The molecule has 3 heteroatoms. The molecule has 1 aliphatic heterocycles. The number of carbonyl (C=O) groups excluding carboxylic acids is 1. The molecule has 1 aliphatic rings. The van der Waals surface area contributed by atoms with Gasteiger partial charge in [0.15, 0.2) is 5.78 Å². The molecule has 3 nitrogen and oxygen atoms in total. The van der Waals surface area contributed by atoms with Crippen LogP contribution in [0, 0.1) is 6.92 Å². The summed E-state index contributed by atoms with van der Waals surface area (Å²) >= 11 is 0. The zero-order valence-electron chi connectivity index (χ0n) is 11.1. The lowest BCUT2D eigenvalue weighted by Crippen LogP contribution is -2.28. The molecule has 0 amide bonds. The maximum Gasteiger partial charge on any atom is 0.195 e. The second-order valence-electron chi connectivity index (χ2n) is 4.65. The van der Waals surface area contributed by atoms with E-state index in [0.29, 0.717) is 24.5 Å². The molecule has 0 N–H and O–H groups in total. The monoisotopic (exact) mass is 248 g/mol. The Bertz CT molecular complexity index is 420. The minimum Gasteiger partial charge on any atom is -0.493 e. The van der Waals surface area contributed by atoms with Crippen molar-refractivity contribution in [2.45, 2.75) is 39.2 Å². The van der Waals surface area contributed by atoms with Gasteiger partial charge in [-0.2, -0.15) is 0 Å². The summed E-state index contributed by atoms with van der Waals surface area (Å²) in [6, 6.07) is 5.73. The largest absolute Gasteiger partial charge is 0.493 e. The van der Waals surface area contributed by atoms with Crippen LogP contribution in [-0.4, -0.2) is 25.1 Å². The molecule has 0 saturated carbocycles. The van der Waals surface area contributed by atoms with Gasteiger partial charge in [-0.3, -0.25) is 4.79 Å². The Morgan fingerprint density at radius 3 is 2.94 bits per heavy atom. The maximum absolute atomic E-state index is 12.4. The highest BCUT2D eigenvalue weighted by molar-refractivity contribution is 6.02. The summed E-state index contributed by atoms with van der Waals surface area (Å²) in [5.74, 6) is 0.726. The van der Waals surface area contributed by atoms with Crippen molar-refractivity contribution in [2.24, 2.45) is 0 Å². The van der Waals surface area contributed by atoms with E-state index in [1.807, 2.05) is 32.0 Å². The van der Waals surface area contributed by atoms with Gasteiger partial charge in [0.2, 0.25) is 0 Å². The van der Waals surface area contributed by atoms with Crippen LogP contribution >= 0.6 is 0 Å². The molecular formula is C15H20O3. The summed E-state index contributed by atoms with van der Waals surface area (Å²) < 4.78 is 11.1. The van der Waals surface area contributed by atoms with E-state index < -0.39 is 0 Å². The fraction of sp³-hybridized carbons (Fsp3) is 0.533. The average molecular weight is 248 g/mol. The normalized spacial score (nSPS) is 19.6. The van der Waals surface area contributed by atoms with Crippen LogP contribution < -0.4 is 4.74 Å². The molecule has 98 valence electrons. The van der Waals surface area contributed by atoms with Crippen molar-refractivity contribution >= 4 is 5.78 Å². The molecular weight excluding hydrogens is 228 g/mol. The molecule has 2 rings (SSSR count). The Morgan fingerprint density at radius 1 is 1.44 bits per heavy atom. The Morgan fingerprint density at radius 2 is 2.28 bits per heavy atom. The number of rotatable bonds is 4. The van der Waals surface area contributed by atoms with Crippen molar-refractivity contribution in [3.63, 3.8) is 0 Å². The van der Waals surface area contributed by atoms with E-state index in [2.05, 4.69) is 0 Å². The van der Waals surface area contributed by atoms with Crippen molar-refractivity contribution in [1.29, 1.82) is 0 Å².